The van der Waals surface area contributed by atoms with Crippen LogP contribution in [0.1, 0.15) is 37.0 Å². The standard InChI is InChI=1S/C13H22N2O2S2/c1-14-10-12-13(7-8-18-12)19(16,17)15-9-11-5-3-2-4-6-11/h7-8,11,14-15H,2-6,9-10H2,1H3. The van der Waals surface area contributed by atoms with Gasteiger partial charge in [0.2, 0.25) is 10.0 Å². The molecule has 1 saturated carbocycles. The number of nitrogens with one attached hydrogen (secondary N) is 2. The van der Waals surface area contributed by atoms with Crippen LogP contribution in [0.3, 0.4) is 0 Å². The third kappa shape index (κ3) is 4.02. The molecule has 4 nitrogen and oxygen atoms in total. The van der Waals surface area contributed by atoms with Crippen molar-refractivity contribution >= 4 is 21.4 Å². The van der Waals surface area contributed by atoms with Crippen molar-refractivity contribution in [2.45, 2.75) is 43.5 Å². The van der Waals surface area contributed by atoms with E-state index in [4.69, 9.17) is 0 Å². The van der Waals surface area contributed by atoms with Crippen LogP contribution in [-0.4, -0.2) is 22.0 Å². The Bertz CT molecular complexity index is 490. The number of sulfonamides is 1. The molecular formula is C13H22N2O2S2. The summed E-state index contributed by atoms with van der Waals surface area (Å²) in [5.74, 6) is 0.509. The summed E-state index contributed by atoms with van der Waals surface area (Å²) in [6.07, 6.45) is 6.05. The highest BCUT2D eigenvalue weighted by molar-refractivity contribution is 7.89. The molecule has 2 N–H and O–H groups in total. The minimum absolute atomic E-state index is 0.433. The van der Waals surface area contributed by atoms with Crippen molar-refractivity contribution in [2.75, 3.05) is 13.6 Å². The zero-order valence-corrected chi connectivity index (χ0v) is 12.9. The van der Waals surface area contributed by atoms with Gasteiger partial charge in [-0.1, -0.05) is 19.3 Å². The lowest BCUT2D eigenvalue weighted by molar-refractivity contribution is 0.357. The maximum atomic E-state index is 12.3. The fraction of sp³-hybridized carbons (Fsp3) is 0.692. The van der Waals surface area contributed by atoms with Crippen LogP contribution >= 0.6 is 11.3 Å². The second-order valence-corrected chi connectivity index (χ2v) is 7.83. The van der Waals surface area contributed by atoms with Gasteiger partial charge >= 0.3 is 0 Å². The Morgan fingerprint density at radius 3 is 2.74 bits per heavy atom. The zero-order valence-electron chi connectivity index (χ0n) is 11.3. The summed E-state index contributed by atoms with van der Waals surface area (Å²) in [5, 5.41) is 4.84. The molecular weight excluding hydrogens is 280 g/mol. The maximum Gasteiger partial charge on any atom is 0.241 e. The number of hydrogen-bond acceptors (Lipinski definition) is 4. The summed E-state index contributed by atoms with van der Waals surface area (Å²) in [6.45, 7) is 1.18. The summed E-state index contributed by atoms with van der Waals surface area (Å²) in [7, 11) is -1.52. The van der Waals surface area contributed by atoms with Gasteiger partial charge < -0.3 is 5.32 Å². The van der Waals surface area contributed by atoms with Crippen LogP contribution in [0.4, 0.5) is 0 Å². The normalized spacial score (nSPS) is 17.7. The average Bonchev–Trinajstić information content (AvgIpc) is 2.87. The largest absolute Gasteiger partial charge is 0.315 e. The zero-order chi connectivity index (χ0) is 13.7. The van der Waals surface area contributed by atoms with Gasteiger partial charge in [-0.05, 0) is 37.3 Å². The lowest BCUT2D eigenvalue weighted by atomic mass is 9.90. The molecule has 1 aliphatic rings. The Morgan fingerprint density at radius 2 is 2.05 bits per heavy atom. The molecule has 6 heteroatoms. The van der Waals surface area contributed by atoms with Gasteiger partial charge in [0.1, 0.15) is 0 Å². The Labute approximate surface area is 119 Å². The van der Waals surface area contributed by atoms with E-state index in [0.717, 1.165) is 17.7 Å². The van der Waals surface area contributed by atoms with Crippen molar-refractivity contribution in [1.82, 2.24) is 10.0 Å². The van der Waals surface area contributed by atoms with Gasteiger partial charge in [0.25, 0.3) is 0 Å². The topological polar surface area (TPSA) is 58.2 Å². The highest BCUT2D eigenvalue weighted by Gasteiger charge is 2.21. The Balaban J connectivity index is 1.98. The molecule has 0 saturated heterocycles. The van der Waals surface area contributed by atoms with Crippen LogP contribution in [0.2, 0.25) is 0 Å². The van der Waals surface area contributed by atoms with E-state index in [0.29, 0.717) is 23.9 Å². The van der Waals surface area contributed by atoms with Crippen molar-refractivity contribution in [3.63, 3.8) is 0 Å². The molecule has 0 radical (unpaired) electrons. The fourth-order valence-corrected chi connectivity index (χ4v) is 5.12. The van der Waals surface area contributed by atoms with Crippen molar-refractivity contribution in [2.24, 2.45) is 5.92 Å². The first-order chi connectivity index (χ1) is 9.13. The van der Waals surface area contributed by atoms with Crippen LogP contribution < -0.4 is 10.0 Å². The van der Waals surface area contributed by atoms with Gasteiger partial charge in [-0.15, -0.1) is 11.3 Å². The summed E-state index contributed by atoms with van der Waals surface area (Å²) >= 11 is 1.48. The van der Waals surface area contributed by atoms with Crippen LogP contribution in [0.15, 0.2) is 16.3 Å². The second-order valence-electron chi connectivity index (χ2n) is 5.09. The van der Waals surface area contributed by atoms with Crippen molar-refractivity contribution in [1.29, 1.82) is 0 Å². The van der Waals surface area contributed by atoms with E-state index in [2.05, 4.69) is 10.0 Å². The predicted octanol–water partition coefficient (Wildman–Crippen LogP) is 2.33. The van der Waals surface area contributed by atoms with Crippen molar-refractivity contribution in [3.05, 3.63) is 16.3 Å². The molecule has 108 valence electrons. The minimum Gasteiger partial charge on any atom is -0.315 e. The van der Waals surface area contributed by atoms with Crippen LogP contribution in [0.25, 0.3) is 0 Å². The van der Waals surface area contributed by atoms with Gasteiger partial charge in [0.15, 0.2) is 0 Å². The van der Waals surface area contributed by atoms with E-state index in [1.54, 1.807) is 6.07 Å². The highest BCUT2D eigenvalue weighted by Crippen LogP contribution is 2.25. The molecule has 0 bridgehead atoms. The van der Waals surface area contributed by atoms with Gasteiger partial charge in [-0.3, -0.25) is 0 Å². The molecule has 1 aromatic heterocycles. The van der Waals surface area contributed by atoms with E-state index in [9.17, 15) is 8.42 Å². The number of thiophene rings is 1. The minimum atomic E-state index is -3.35. The molecule has 1 aromatic rings. The van der Waals surface area contributed by atoms with Gasteiger partial charge in [0.05, 0.1) is 4.90 Å². The SMILES string of the molecule is CNCc1sccc1S(=O)(=O)NCC1CCCCC1. The second kappa shape index (κ2) is 6.83. The first kappa shape index (κ1) is 15.0. The number of hydrogen-bond donors (Lipinski definition) is 2. The van der Waals surface area contributed by atoms with E-state index in [1.807, 2.05) is 12.4 Å². The molecule has 0 atom stereocenters. The summed E-state index contributed by atoms with van der Waals surface area (Å²) in [5.41, 5.74) is 0. The van der Waals surface area contributed by atoms with Gasteiger partial charge in [0, 0.05) is 18.0 Å². The summed E-state index contributed by atoms with van der Waals surface area (Å²) < 4.78 is 27.4. The van der Waals surface area contributed by atoms with Crippen molar-refractivity contribution < 1.29 is 8.42 Å². The Kier molecular flexibility index (Phi) is 5.38. The molecule has 19 heavy (non-hydrogen) atoms. The van der Waals surface area contributed by atoms with Crippen LogP contribution in [-0.2, 0) is 16.6 Å². The molecule has 2 rings (SSSR count). The monoisotopic (exact) mass is 302 g/mol. The Hall–Kier alpha value is -0.430. The van der Waals surface area contributed by atoms with E-state index >= 15 is 0 Å². The summed E-state index contributed by atoms with van der Waals surface area (Å²) in [4.78, 5) is 1.31. The smallest absolute Gasteiger partial charge is 0.241 e. The number of rotatable bonds is 6. The first-order valence-corrected chi connectivity index (χ1v) is 9.20. The fourth-order valence-electron chi connectivity index (χ4n) is 2.55. The molecule has 0 amide bonds. The van der Waals surface area contributed by atoms with Gasteiger partial charge in [-0.2, -0.15) is 0 Å². The molecule has 1 fully saturated rings. The predicted molar refractivity (Wildman–Crippen MR) is 78.8 cm³/mol. The Morgan fingerprint density at radius 1 is 1.32 bits per heavy atom. The molecule has 1 heterocycles. The third-order valence-corrected chi connectivity index (χ3v) is 6.18. The third-order valence-electron chi connectivity index (χ3n) is 3.62. The van der Waals surface area contributed by atoms with Crippen LogP contribution in [0.5, 0.6) is 0 Å². The van der Waals surface area contributed by atoms with Crippen LogP contribution in [0, 0.1) is 5.92 Å². The molecule has 0 spiro atoms. The highest BCUT2D eigenvalue weighted by atomic mass is 32.2. The molecule has 1 aliphatic carbocycles. The average molecular weight is 302 g/mol. The molecule has 0 aromatic carbocycles. The van der Waals surface area contributed by atoms with Crippen molar-refractivity contribution in [3.8, 4) is 0 Å². The van der Waals surface area contributed by atoms with E-state index in [-0.39, 0.29) is 0 Å². The maximum absolute atomic E-state index is 12.3. The molecule has 0 aliphatic heterocycles. The van der Waals surface area contributed by atoms with E-state index in [1.165, 1.54) is 30.6 Å². The quantitative estimate of drug-likeness (QED) is 0.848. The van der Waals surface area contributed by atoms with Gasteiger partial charge in [-0.25, -0.2) is 13.1 Å². The lowest BCUT2D eigenvalue weighted by Gasteiger charge is -2.21. The lowest BCUT2D eigenvalue weighted by Crippen LogP contribution is -2.30. The molecule has 0 unspecified atom stereocenters. The first-order valence-electron chi connectivity index (χ1n) is 6.84. The van der Waals surface area contributed by atoms with E-state index < -0.39 is 10.0 Å². The summed E-state index contributed by atoms with van der Waals surface area (Å²) in [6, 6.07) is 1.69.